The van der Waals surface area contributed by atoms with Crippen LogP contribution in [0, 0.1) is 0 Å². The number of carbonyl (C=O) groups excluding carboxylic acids is 1. The Hall–Kier alpha value is -3.94. The maximum Gasteiger partial charge on any atom is 0.261 e. The van der Waals surface area contributed by atoms with Gasteiger partial charge in [-0.05, 0) is 36.4 Å². The highest BCUT2D eigenvalue weighted by molar-refractivity contribution is 5.94. The molecule has 0 spiro atoms. The number of hydrogen-bond donors (Lipinski definition) is 2. The lowest BCUT2D eigenvalue weighted by atomic mass is 10.2. The molecule has 0 radical (unpaired) electrons. The van der Waals surface area contributed by atoms with Crippen LogP contribution in [-0.2, 0) is 6.42 Å². The van der Waals surface area contributed by atoms with Crippen molar-refractivity contribution in [1.29, 1.82) is 0 Å². The van der Waals surface area contributed by atoms with Crippen molar-refractivity contribution in [2.45, 2.75) is 6.42 Å². The molecule has 0 aliphatic heterocycles. The van der Waals surface area contributed by atoms with Crippen LogP contribution in [-0.4, -0.2) is 27.6 Å². The second kappa shape index (κ2) is 7.75. The summed E-state index contributed by atoms with van der Waals surface area (Å²) in [4.78, 5) is 27.1. The van der Waals surface area contributed by atoms with Crippen molar-refractivity contribution in [2.24, 2.45) is 0 Å². The summed E-state index contributed by atoms with van der Waals surface area (Å²) in [6, 6.07) is 15.9. The molecule has 0 unspecified atom stereocenters. The minimum absolute atomic E-state index is 0.0193. The number of pyridine rings is 1. The normalized spacial score (nSPS) is 10.7. The predicted octanol–water partition coefficient (Wildman–Crippen LogP) is 2.66. The molecule has 0 aliphatic carbocycles. The molecule has 140 valence electrons. The van der Waals surface area contributed by atoms with Gasteiger partial charge >= 0.3 is 0 Å². The monoisotopic (exact) mass is 376 g/mol. The van der Waals surface area contributed by atoms with Gasteiger partial charge in [0, 0.05) is 18.5 Å². The number of amides is 1. The molecular weight excluding hydrogens is 360 g/mol. The lowest BCUT2D eigenvalue weighted by Crippen LogP contribution is -2.31. The first-order chi connectivity index (χ1) is 13.7. The number of rotatable bonds is 6. The smallest absolute Gasteiger partial charge is 0.261 e. The van der Waals surface area contributed by atoms with E-state index in [-0.39, 0.29) is 12.1 Å². The standard InChI is InChI=1S/C20H16N4O4/c25-18(14-8-9-15(22-19(14)26)16-7-4-12-27-16)21-11-10-17-23-24-20(28-17)13-5-2-1-3-6-13/h1-9,12H,10-11H2,(H,21,25)(H,22,26). The van der Waals surface area contributed by atoms with Crippen molar-refractivity contribution in [3.63, 3.8) is 0 Å². The van der Waals surface area contributed by atoms with Crippen LogP contribution in [0.1, 0.15) is 16.2 Å². The van der Waals surface area contributed by atoms with Crippen molar-refractivity contribution >= 4 is 5.91 Å². The Morgan fingerprint density at radius 1 is 1.04 bits per heavy atom. The Morgan fingerprint density at radius 2 is 1.89 bits per heavy atom. The number of benzene rings is 1. The summed E-state index contributed by atoms with van der Waals surface area (Å²) in [6.07, 6.45) is 1.86. The van der Waals surface area contributed by atoms with Crippen molar-refractivity contribution in [3.8, 4) is 22.9 Å². The van der Waals surface area contributed by atoms with E-state index in [1.165, 1.54) is 12.3 Å². The molecule has 28 heavy (non-hydrogen) atoms. The first-order valence-corrected chi connectivity index (χ1v) is 8.64. The van der Waals surface area contributed by atoms with Crippen molar-refractivity contribution in [2.75, 3.05) is 6.54 Å². The van der Waals surface area contributed by atoms with E-state index in [1.807, 2.05) is 30.3 Å². The van der Waals surface area contributed by atoms with Gasteiger partial charge in [-0.1, -0.05) is 18.2 Å². The Bertz CT molecular complexity index is 1130. The summed E-state index contributed by atoms with van der Waals surface area (Å²) in [6.45, 7) is 0.259. The number of nitrogens with one attached hydrogen (secondary N) is 2. The van der Waals surface area contributed by atoms with Gasteiger partial charge in [-0.15, -0.1) is 10.2 Å². The van der Waals surface area contributed by atoms with Crippen LogP contribution in [0.2, 0.25) is 0 Å². The van der Waals surface area contributed by atoms with E-state index in [0.717, 1.165) is 5.56 Å². The van der Waals surface area contributed by atoms with Crippen LogP contribution in [0.15, 0.2) is 74.5 Å². The van der Waals surface area contributed by atoms with Crippen molar-refractivity contribution < 1.29 is 13.6 Å². The van der Waals surface area contributed by atoms with Gasteiger partial charge in [0.2, 0.25) is 11.8 Å². The molecule has 0 bridgehead atoms. The zero-order valence-corrected chi connectivity index (χ0v) is 14.7. The van der Waals surface area contributed by atoms with Crippen LogP contribution in [0.4, 0.5) is 0 Å². The summed E-state index contributed by atoms with van der Waals surface area (Å²) in [7, 11) is 0. The molecule has 2 N–H and O–H groups in total. The summed E-state index contributed by atoms with van der Waals surface area (Å²) in [5.74, 6) is 0.873. The summed E-state index contributed by atoms with van der Waals surface area (Å²) in [5.41, 5.74) is 0.862. The zero-order chi connectivity index (χ0) is 19.3. The minimum Gasteiger partial charge on any atom is -0.463 e. The van der Waals surface area contributed by atoms with E-state index in [2.05, 4.69) is 20.5 Å². The largest absolute Gasteiger partial charge is 0.463 e. The Balaban J connectivity index is 1.36. The topological polar surface area (TPSA) is 114 Å². The van der Waals surface area contributed by atoms with E-state index in [1.54, 1.807) is 18.2 Å². The molecule has 4 aromatic rings. The molecule has 3 heterocycles. The Morgan fingerprint density at radius 3 is 2.64 bits per heavy atom. The number of aromatic nitrogens is 3. The van der Waals surface area contributed by atoms with Crippen LogP contribution in [0.3, 0.4) is 0 Å². The average Bonchev–Trinajstić information content (AvgIpc) is 3.41. The SMILES string of the molecule is O=C(NCCc1nnc(-c2ccccc2)o1)c1ccc(-c2ccco2)[nH]c1=O. The van der Waals surface area contributed by atoms with E-state index >= 15 is 0 Å². The van der Waals surface area contributed by atoms with E-state index in [0.29, 0.717) is 29.7 Å². The van der Waals surface area contributed by atoms with Gasteiger partial charge in [0.1, 0.15) is 11.3 Å². The molecule has 0 fully saturated rings. The molecule has 8 nitrogen and oxygen atoms in total. The van der Waals surface area contributed by atoms with Gasteiger partial charge in [-0.3, -0.25) is 9.59 Å². The van der Waals surface area contributed by atoms with E-state index in [4.69, 9.17) is 8.83 Å². The number of furan rings is 1. The fourth-order valence-electron chi connectivity index (χ4n) is 2.66. The predicted molar refractivity (Wildman–Crippen MR) is 101 cm³/mol. The first-order valence-electron chi connectivity index (χ1n) is 8.64. The Kier molecular flexibility index (Phi) is 4.83. The minimum atomic E-state index is -0.490. The number of nitrogens with zero attached hydrogens (tertiary/aromatic N) is 2. The third-order valence-corrected chi connectivity index (χ3v) is 4.05. The average molecular weight is 376 g/mol. The fraction of sp³-hybridized carbons (Fsp3) is 0.100. The highest BCUT2D eigenvalue weighted by atomic mass is 16.4. The Labute approximate surface area is 159 Å². The lowest BCUT2D eigenvalue weighted by molar-refractivity contribution is 0.0952. The highest BCUT2D eigenvalue weighted by Crippen LogP contribution is 2.17. The third-order valence-electron chi connectivity index (χ3n) is 4.05. The van der Waals surface area contributed by atoms with Gasteiger partial charge in [0.25, 0.3) is 11.5 Å². The van der Waals surface area contributed by atoms with Crippen molar-refractivity contribution in [3.05, 3.63) is 82.7 Å². The van der Waals surface area contributed by atoms with Gasteiger partial charge < -0.3 is 19.1 Å². The number of H-pyrrole nitrogens is 1. The summed E-state index contributed by atoms with van der Waals surface area (Å²) in [5, 5.41) is 10.7. The van der Waals surface area contributed by atoms with Gasteiger partial charge in [0.05, 0.1) is 12.0 Å². The third kappa shape index (κ3) is 3.75. The molecule has 0 atom stereocenters. The fourth-order valence-corrected chi connectivity index (χ4v) is 2.66. The number of hydrogen-bond acceptors (Lipinski definition) is 6. The number of aromatic amines is 1. The summed E-state index contributed by atoms with van der Waals surface area (Å²) < 4.78 is 10.8. The number of carbonyl (C=O) groups is 1. The van der Waals surface area contributed by atoms with Crippen molar-refractivity contribution in [1.82, 2.24) is 20.5 Å². The quantitative estimate of drug-likeness (QED) is 0.535. The first kappa shape index (κ1) is 17.5. The molecule has 0 saturated carbocycles. The van der Waals surface area contributed by atoms with E-state index in [9.17, 15) is 9.59 Å². The molecule has 1 amide bonds. The lowest BCUT2D eigenvalue weighted by Gasteiger charge is -2.04. The molecule has 0 saturated heterocycles. The molecule has 4 rings (SSSR count). The van der Waals surface area contributed by atoms with Crippen LogP contribution in [0.5, 0.6) is 0 Å². The zero-order valence-electron chi connectivity index (χ0n) is 14.7. The van der Waals surface area contributed by atoms with Crippen LogP contribution >= 0.6 is 0 Å². The highest BCUT2D eigenvalue weighted by Gasteiger charge is 2.13. The maximum atomic E-state index is 12.3. The summed E-state index contributed by atoms with van der Waals surface area (Å²) >= 11 is 0. The molecule has 8 heteroatoms. The van der Waals surface area contributed by atoms with E-state index < -0.39 is 11.5 Å². The maximum absolute atomic E-state index is 12.3. The second-order valence-corrected chi connectivity index (χ2v) is 5.96. The van der Waals surface area contributed by atoms with Crippen LogP contribution < -0.4 is 10.9 Å². The second-order valence-electron chi connectivity index (χ2n) is 5.96. The van der Waals surface area contributed by atoms with Gasteiger partial charge in [-0.2, -0.15) is 0 Å². The van der Waals surface area contributed by atoms with Gasteiger partial charge in [0.15, 0.2) is 0 Å². The van der Waals surface area contributed by atoms with Crippen LogP contribution in [0.25, 0.3) is 22.9 Å². The molecule has 1 aromatic carbocycles. The molecule has 3 aromatic heterocycles. The van der Waals surface area contributed by atoms with Gasteiger partial charge in [-0.25, -0.2) is 0 Å². The molecular formula is C20H16N4O4. The molecule has 0 aliphatic rings.